The van der Waals surface area contributed by atoms with Gasteiger partial charge >= 0.3 is 0 Å². The quantitative estimate of drug-likeness (QED) is 0.872. The number of rotatable bonds is 4. The number of sulfone groups is 1. The van der Waals surface area contributed by atoms with E-state index in [1.807, 2.05) is 43.3 Å². The van der Waals surface area contributed by atoms with Crippen molar-refractivity contribution in [3.63, 3.8) is 0 Å². The molecule has 2 N–H and O–H groups in total. The number of aryl methyl sites for hydroxylation is 2. The molecule has 4 heteroatoms. The molecule has 0 aliphatic heterocycles. The zero-order valence-corrected chi connectivity index (χ0v) is 11.7. The lowest BCUT2D eigenvalue weighted by Gasteiger charge is -2.08. The van der Waals surface area contributed by atoms with Crippen molar-refractivity contribution >= 4 is 15.5 Å². The molecule has 2 aromatic carbocycles. The Morgan fingerprint density at radius 1 is 1.05 bits per heavy atom. The molecule has 0 amide bonds. The van der Waals surface area contributed by atoms with Crippen LogP contribution in [0.1, 0.15) is 11.1 Å². The minimum atomic E-state index is -3.34. The van der Waals surface area contributed by atoms with Crippen molar-refractivity contribution in [1.82, 2.24) is 0 Å². The van der Waals surface area contributed by atoms with Crippen LogP contribution in [0.2, 0.25) is 0 Å². The Kier molecular flexibility index (Phi) is 3.90. The van der Waals surface area contributed by atoms with Crippen molar-refractivity contribution < 1.29 is 8.42 Å². The third-order valence-electron chi connectivity index (χ3n) is 3.01. The molecule has 0 aliphatic carbocycles. The van der Waals surface area contributed by atoms with Gasteiger partial charge in [0, 0.05) is 0 Å². The van der Waals surface area contributed by atoms with Gasteiger partial charge in [0.15, 0.2) is 9.84 Å². The van der Waals surface area contributed by atoms with Crippen LogP contribution in [0, 0.1) is 6.92 Å². The SMILES string of the molecule is Cc1ccc(N)c(S(=O)(=O)CCc2ccccc2)c1. The molecule has 0 unspecified atom stereocenters. The van der Waals surface area contributed by atoms with Crippen LogP contribution >= 0.6 is 0 Å². The summed E-state index contributed by atoms with van der Waals surface area (Å²) in [5, 5.41) is 0. The van der Waals surface area contributed by atoms with Gasteiger partial charge in [-0.25, -0.2) is 8.42 Å². The largest absolute Gasteiger partial charge is 0.398 e. The van der Waals surface area contributed by atoms with E-state index in [0.29, 0.717) is 12.1 Å². The molecule has 0 heterocycles. The molecule has 0 spiro atoms. The van der Waals surface area contributed by atoms with Gasteiger partial charge in [-0.1, -0.05) is 36.4 Å². The monoisotopic (exact) mass is 275 g/mol. The molecule has 0 aromatic heterocycles. The van der Waals surface area contributed by atoms with E-state index in [0.717, 1.165) is 11.1 Å². The first-order valence-electron chi connectivity index (χ1n) is 6.12. The van der Waals surface area contributed by atoms with Crippen molar-refractivity contribution in [3.05, 3.63) is 59.7 Å². The summed E-state index contributed by atoms with van der Waals surface area (Å²) in [6.07, 6.45) is 0.497. The Morgan fingerprint density at radius 3 is 2.42 bits per heavy atom. The second-order valence-corrected chi connectivity index (χ2v) is 6.67. The second-order valence-electron chi connectivity index (χ2n) is 4.60. The molecule has 19 heavy (non-hydrogen) atoms. The number of hydrogen-bond acceptors (Lipinski definition) is 3. The summed E-state index contributed by atoms with van der Waals surface area (Å²) in [5.41, 5.74) is 7.99. The minimum Gasteiger partial charge on any atom is -0.398 e. The van der Waals surface area contributed by atoms with Gasteiger partial charge in [-0.3, -0.25) is 0 Å². The van der Waals surface area contributed by atoms with E-state index in [2.05, 4.69) is 0 Å². The maximum Gasteiger partial charge on any atom is 0.180 e. The lowest BCUT2D eigenvalue weighted by Crippen LogP contribution is -2.11. The predicted octanol–water partition coefficient (Wildman–Crippen LogP) is 2.59. The molecule has 2 rings (SSSR count). The molecule has 0 atom stereocenters. The Morgan fingerprint density at radius 2 is 1.74 bits per heavy atom. The molecule has 0 bridgehead atoms. The fourth-order valence-corrected chi connectivity index (χ4v) is 3.43. The maximum atomic E-state index is 12.3. The van der Waals surface area contributed by atoms with E-state index < -0.39 is 9.84 Å². The number of hydrogen-bond donors (Lipinski definition) is 1. The van der Waals surface area contributed by atoms with E-state index in [-0.39, 0.29) is 10.6 Å². The Labute approximate surface area is 114 Å². The predicted molar refractivity (Wildman–Crippen MR) is 77.8 cm³/mol. The first kappa shape index (κ1) is 13.6. The van der Waals surface area contributed by atoms with Crippen LogP contribution in [0.3, 0.4) is 0 Å². The summed E-state index contributed by atoms with van der Waals surface area (Å²) in [7, 11) is -3.34. The van der Waals surface area contributed by atoms with Gasteiger partial charge in [-0.2, -0.15) is 0 Å². The third-order valence-corrected chi connectivity index (χ3v) is 4.77. The molecule has 0 fully saturated rings. The van der Waals surface area contributed by atoms with Gasteiger partial charge in [0.25, 0.3) is 0 Å². The van der Waals surface area contributed by atoms with Gasteiger partial charge < -0.3 is 5.73 Å². The lowest BCUT2D eigenvalue weighted by molar-refractivity contribution is 0.595. The summed E-state index contributed by atoms with van der Waals surface area (Å²) in [6.45, 7) is 1.86. The van der Waals surface area contributed by atoms with Gasteiger partial charge in [0.2, 0.25) is 0 Å². The number of benzene rings is 2. The fourth-order valence-electron chi connectivity index (χ4n) is 1.92. The highest BCUT2D eigenvalue weighted by Crippen LogP contribution is 2.21. The molecule has 0 radical (unpaired) electrons. The summed E-state index contributed by atoms with van der Waals surface area (Å²) in [5.74, 6) is 0.0741. The molecular formula is C15H17NO2S. The zero-order chi connectivity index (χ0) is 13.9. The van der Waals surface area contributed by atoms with Gasteiger partial charge in [-0.05, 0) is 36.6 Å². The number of anilines is 1. The molecule has 2 aromatic rings. The van der Waals surface area contributed by atoms with Crippen molar-refractivity contribution in [1.29, 1.82) is 0 Å². The topological polar surface area (TPSA) is 60.2 Å². The van der Waals surface area contributed by atoms with Gasteiger partial charge in [-0.15, -0.1) is 0 Å². The van der Waals surface area contributed by atoms with Gasteiger partial charge in [0.1, 0.15) is 0 Å². The van der Waals surface area contributed by atoms with E-state index >= 15 is 0 Å². The van der Waals surface area contributed by atoms with E-state index in [4.69, 9.17) is 5.73 Å². The van der Waals surface area contributed by atoms with Crippen molar-refractivity contribution in [3.8, 4) is 0 Å². The first-order valence-corrected chi connectivity index (χ1v) is 7.77. The van der Waals surface area contributed by atoms with Crippen LogP contribution in [0.4, 0.5) is 5.69 Å². The molecule has 0 aliphatic rings. The maximum absolute atomic E-state index is 12.3. The van der Waals surface area contributed by atoms with Crippen LogP contribution in [0.5, 0.6) is 0 Å². The fraction of sp³-hybridized carbons (Fsp3) is 0.200. The third kappa shape index (κ3) is 3.35. The smallest absolute Gasteiger partial charge is 0.180 e. The Balaban J connectivity index is 2.21. The second kappa shape index (κ2) is 5.45. The highest BCUT2D eigenvalue weighted by molar-refractivity contribution is 7.91. The first-order chi connectivity index (χ1) is 8.99. The summed E-state index contributed by atoms with van der Waals surface area (Å²) >= 11 is 0. The summed E-state index contributed by atoms with van der Waals surface area (Å²) < 4.78 is 24.6. The minimum absolute atomic E-state index is 0.0741. The highest BCUT2D eigenvalue weighted by atomic mass is 32.2. The Hall–Kier alpha value is -1.81. The van der Waals surface area contributed by atoms with E-state index in [1.54, 1.807) is 12.1 Å². The molecular weight excluding hydrogens is 258 g/mol. The Bertz CT molecular complexity index is 664. The average molecular weight is 275 g/mol. The van der Waals surface area contributed by atoms with Gasteiger partial charge in [0.05, 0.1) is 16.3 Å². The molecule has 3 nitrogen and oxygen atoms in total. The normalized spacial score (nSPS) is 11.4. The number of nitrogen functional groups attached to an aromatic ring is 1. The van der Waals surface area contributed by atoms with Crippen LogP contribution in [-0.4, -0.2) is 14.2 Å². The van der Waals surface area contributed by atoms with Crippen molar-refractivity contribution in [2.75, 3.05) is 11.5 Å². The number of nitrogens with two attached hydrogens (primary N) is 1. The van der Waals surface area contributed by atoms with E-state index in [1.165, 1.54) is 0 Å². The van der Waals surface area contributed by atoms with E-state index in [9.17, 15) is 8.42 Å². The van der Waals surface area contributed by atoms with Crippen LogP contribution in [0.15, 0.2) is 53.4 Å². The summed E-state index contributed by atoms with van der Waals surface area (Å²) in [6, 6.07) is 14.7. The van der Waals surface area contributed by atoms with Crippen LogP contribution in [0.25, 0.3) is 0 Å². The highest BCUT2D eigenvalue weighted by Gasteiger charge is 2.17. The standard InChI is InChI=1S/C15H17NO2S/c1-12-7-8-14(16)15(11-12)19(17,18)10-9-13-5-3-2-4-6-13/h2-8,11H,9-10,16H2,1H3. The summed E-state index contributed by atoms with van der Waals surface area (Å²) in [4.78, 5) is 0.239. The average Bonchev–Trinajstić information content (AvgIpc) is 2.40. The lowest BCUT2D eigenvalue weighted by atomic mass is 10.2. The molecule has 0 saturated carbocycles. The molecule has 100 valence electrons. The molecule has 0 saturated heterocycles. The van der Waals surface area contributed by atoms with Crippen LogP contribution < -0.4 is 5.73 Å². The zero-order valence-electron chi connectivity index (χ0n) is 10.8. The van der Waals surface area contributed by atoms with Crippen molar-refractivity contribution in [2.45, 2.75) is 18.2 Å². The van der Waals surface area contributed by atoms with Crippen molar-refractivity contribution in [2.24, 2.45) is 0 Å². The van der Waals surface area contributed by atoms with Crippen LogP contribution in [-0.2, 0) is 16.3 Å².